The van der Waals surface area contributed by atoms with Gasteiger partial charge in [0.15, 0.2) is 0 Å². The zero-order valence-corrected chi connectivity index (χ0v) is 13.4. The number of rotatable bonds is 4. The van der Waals surface area contributed by atoms with Crippen molar-refractivity contribution in [2.75, 3.05) is 13.7 Å². The van der Waals surface area contributed by atoms with E-state index in [1.165, 1.54) is 7.11 Å². The molecule has 1 saturated heterocycles. The van der Waals surface area contributed by atoms with E-state index < -0.39 is 0 Å². The molecule has 118 valence electrons. The van der Waals surface area contributed by atoms with E-state index in [1.54, 1.807) is 4.90 Å². The quantitative estimate of drug-likeness (QED) is 0.460. The minimum atomic E-state index is -0.358. The second kappa shape index (κ2) is 7.21. The summed E-state index contributed by atoms with van der Waals surface area (Å²) in [5.74, 6) is -0.278. The van der Waals surface area contributed by atoms with Gasteiger partial charge in [-0.2, -0.15) is 0 Å². The van der Waals surface area contributed by atoms with Crippen molar-refractivity contribution in [3.05, 3.63) is 0 Å². The average Bonchev–Trinajstić information content (AvgIpc) is 2.88. The van der Waals surface area contributed by atoms with Crippen LogP contribution in [0.3, 0.4) is 0 Å². The van der Waals surface area contributed by atoms with Gasteiger partial charge in [0, 0.05) is 12.6 Å². The number of hydrogen-bond acceptors (Lipinski definition) is 4. The lowest BCUT2D eigenvalue weighted by atomic mass is 9.86. The molecule has 3 atom stereocenters. The molecule has 0 aromatic heterocycles. The van der Waals surface area contributed by atoms with Crippen molar-refractivity contribution >= 4 is 27.5 Å². The molecule has 2 amide bonds. The van der Waals surface area contributed by atoms with Crippen LogP contribution in [0.2, 0.25) is 0 Å². The van der Waals surface area contributed by atoms with Crippen LogP contribution in [0.4, 0.5) is 0 Å². The molecule has 2 aliphatic rings. The van der Waals surface area contributed by atoms with E-state index in [0.717, 1.165) is 32.1 Å². The highest BCUT2D eigenvalue weighted by Gasteiger charge is 2.35. The number of carbonyl (C=O) groups is 3. The van der Waals surface area contributed by atoms with Crippen LogP contribution >= 0.6 is 9.24 Å². The molecule has 0 aromatic carbocycles. The molecule has 6 nitrogen and oxygen atoms in total. The molecule has 21 heavy (non-hydrogen) atoms. The van der Waals surface area contributed by atoms with Gasteiger partial charge < -0.3 is 15.0 Å². The molecule has 0 spiro atoms. The second-order valence-electron chi connectivity index (χ2n) is 5.89. The van der Waals surface area contributed by atoms with Crippen LogP contribution < -0.4 is 5.32 Å². The van der Waals surface area contributed by atoms with Crippen LogP contribution in [0.1, 0.15) is 32.1 Å². The van der Waals surface area contributed by atoms with E-state index in [2.05, 4.69) is 14.6 Å². The Morgan fingerprint density at radius 1 is 1.29 bits per heavy atom. The maximum absolute atomic E-state index is 12.3. The first kappa shape index (κ1) is 16.2. The van der Waals surface area contributed by atoms with E-state index in [9.17, 15) is 14.4 Å². The van der Waals surface area contributed by atoms with Crippen LogP contribution in [0, 0.1) is 5.92 Å². The number of esters is 1. The smallest absolute Gasteiger partial charge is 0.308 e. The normalized spacial score (nSPS) is 32.6. The first-order chi connectivity index (χ1) is 10.0. The second-order valence-corrected chi connectivity index (χ2v) is 6.84. The van der Waals surface area contributed by atoms with Crippen LogP contribution in [0.25, 0.3) is 0 Å². The zero-order valence-electron chi connectivity index (χ0n) is 12.3. The maximum atomic E-state index is 12.3. The first-order valence-corrected chi connectivity index (χ1v) is 8.06. The molecular formula is C14H23N2O4P. The summed E-state index contributed by atoms with van der Waals surface area (Å²) >= 11 is 0. The summed E-state index contributed by atoms with van der Waals surface area (Å²) in [5, 5.41) is 3.02. The van der Waals surface area contributed by atoms with E-state index >= 15 is 0 Å². The summed E-state index contributed by atoms with van der Waals surface area (Å²) < 4.78 is 4.75. The van der Waals surface area contributed by atoms with Gasteiger partial charge >= 0.3 is 5.97 Å². The third-order valence-corrected chi connectivity index (χ3v) is 4.90. The molecule has 0 bridgehead atoms. The monoisotopic (exact) mass is 314 g/mol. The van der Waals surface area contributed by atoms with E-state index in [4.69, 9.17) is 4.74 Å². The van der Waals surface area contributed by atoms with Gasteiger partial charge in [0.05, 0.1) is 13.0 Å². The minimum absolute atomic E-state index is 0.0440. The van der Waals surface area contributed by atoms with Crippen molar-refractivity contribution in [1.29, 1.82) is 0 Å². The van der Waals surface area contributed by atoms with Gasteiger partial charge in [0.2, 0.25) is 12.3 Å². The Morgan fingerprint density at radius 3 is 2.52 bits per heavy atom. The van der Waals surface area contributed by atoms with Crippen molar-refractivity contribution in [3.8, 4) is 0 Å². The fourth-order valence-electron chi connectivity index (χ4n) is 3.21. The summed E-state index contributed by atoms with van der Waals surface area (Å²) in [6.07, 6.45) is 4.49. The maximum Gasteiger partial charge on any atom is 0.308 e. The molecule has 0 aromatic rings. The zero-order chi connectivity index (χ0) is 15.4. The van der Waals surface area contributed by atoms with Crippen molar-refractivity contribution < 1.29 is 19.1 Å². The number of ether oxygens (including phenoxy) is 1. The molecular weight excluding hydrogens is 291 g/mol. The largest absolute Gasteiger partial charge is 0.469 e. The van der Waals surface area contributed by atoms with Crippen molar-refractivity contribution in [1.82, 2.24) is 10.2 Å². The number of likely N-dealkylation sites (tertiary alicyclic amines) is 1. The third kappa shape index (κ3) is 3.94. The van der Waals surface area contributed by atoms with Crippen LogP contribution in [0.15, 0.2) is 0 Å². The molecule has 3 unspecified atom stereocenters. The van der Waals surface area contributed by atoms with E-state index in [1.807, 2.05) is 0 Å². The van der Waals surface area contributed by atoms with Gasteiger partial charge in [0.1, 0.15) is 6.04 Å². The van der Waals surface area contributed by atoms with Crippen LogP contribution in [-0.2, 0) is 19.1 Å². The number of nitrogens with zero attached hydrogens (tertiary/aromatic N) is 1. The minimum Gasteiger partial charge on any atom is -0.469 e. The molecule has 2 rings (SSSR count). The Balaban J connectivity index is 1.82. The third-order valence-electron chi connectivity index (χ3n) is 4.42. The molecule has 0 radical (unpaired) electrons. The Morgan fingerprint density at radius 2 is 1.95 bits per heavy atom. The molecule has 1 saturated carbocycles. The summed E-state index contributed by atoms with van der Waals surface area (Å²) in [7, 11) is 4.08. The van der Waals surface area contributed by atoms with E-state index in [-0.39, 0.29) is 35.5 Å². The fraction of sp³-hybridized carbons (Fsp3) is 0.786. The van der Waals surface area contributed by atoms with Crippen molar-refractivity contribution in [3.63, 3.8) is 0 Å². The van der Waals surface area contributed by atoms with Gasteiger partial charge in [-0.3, -0.25) is 14.4 Å². The topological polar surface area (TPSA) is 75.7 Å². The summed E-state index contributed by atoms with van der Waals surface area (Å²) in [6, 6.07) is -0.265. The molecule has 1 aliphatic heterocycles. The lowest BCUT2D eigenvalue weighted by Crippen LogP contribution is -2.47. The highest BCUT2D eigenvalue weighted by Crippen LogP contribution is 2.26. The van der Waals surface area contributed by atoms with Gasteiger partial charge in [-0.1, -0.05) is 0 Å². The van der Waals surface area contributed by atoms with Crippen molar-refractivity contribution in [2.45, 2.75) is 49.8 Å². The fourth-order valence-corrected chi connectivity index (χ4v) is 3.71. The predicted octanol–water partition coefficient (Wildman–Crippen LogP) is 0.309. The lowest BCUT2D eigenvalue weighted by Gasteiger charge is -2.29. The first-order valence-electron chi connectivity index (χ1n) is 7.40. The number of hydrogen-bond donors (Lipinski definition) is 1. The Hall–Kier alpha value is -1.16. The van der Waals surface area contributed by atoms with Gasteiger partial charge in [-0.25, -0.2) is 0 Å². The molecule has 2 fully saturated rings. The van der Waals surface area contributed by atoms with E-state index in [0.29, 0.717) is 13.0 Å². The number of nitrogens with one attached hydrogen (secondary N) is 1. The highest BCUT2D eigenvalue weighted by atomic mass is 31.0. The number of amides is 2. The SMILES string of the molecule is COC(=O)C1CCC(NC(=O)C2CC(P)CN2C=O)CC1. The number of methoxy groups -OCH3 is 1. The molecule has 1 aliphatic carbocycles. The lowest BCUT2D eigenvalue weighted by molar-refractivity contribution is -0.146. The van der Waals surface area contributed by atoms with Gasteiger partial charge in [0.25, 0.3) is 0 Å². The number of carbonyl (C=O) groups excluding carboxylic acids is 3. The predicted molar refractivity (Wildman–Crippen MR) is 80.6 cm³/mol. The van der Waals surface area contributed by atoms with Crippen LogP contribution in [-0.4, -0.2) is 54.6 Å². The molecule has 7 heteroatoms. The Kier molecular flexibility index (Phi) is 5.57. The summed E-state index contributed by atoms with van der Waals surface area (Å²) in [4.78, 5) is 36.3. The van der Waals surface area contributed by atoms with Crippen LogP contribution in [0.5, 0.6) is 0 Å². The Bertz CT molecular complexity index is 410. The molecule has 1 N–H and O–H groups in total. The van der Waals surface area contributed by atoms with Gasteiger partial charge in [-0.15, -0.1) is 9.24 Å². The van der Waals surface area contributed by atoms with Gasteiger partial charge in [-0.05, 0) is 37.8 Å². The summed E-state index contributed by atoms with van der Waals surface area (Å²) in [6.45, 7) is 0.612. The average molecular weight is 314 g/mol. The van der Waals surface area contributed by atoms with Crippen molar-refractivity contribution in [2.24, 2.45) is 5.92 Å². The molecule has 1 heterocycles. The highest BCUT2D eigenvalue weighted by molar-refractivity contribution is 7.17. The summed E-state index contributed by atoms with van der Waals surface area (Å²) in [5.41, 5.74) is 0.279. The standard InChI is InChI=1S/C14H23N2O4P/c1-20-14(19)9-2-4-10(5-3-9)15-13(18)12-6-11(21)7-16(12)8-17/h8-12H,2-7,21H2,1H3,(H,15,18). The Labute approximate surface area is 127 Å².